The van der Waals surface area contributed by atoms with Crippen molar-refractivity contribution in [1.82, 2.24) is 20.2 Å². The minimum absolute atomic E-state index is 0.102. The Morgan fingerprint density at radius 1 is 1.25 bits per heavy atom. The number of aliphatic carboxylic acids is 1. The van der Waals surface area contributed by atoms with Gasteiger partial charge in [-0.05, 0) is 53.7 Å². The highest BCUT2D eigenvalue weighted by atomic mass is 35.5. The van der Waals surface area contributed by atoms with Gasteiger partial charge >= 0.3 is 5.97 Å². The first-order chi connectivity index (χ1) is 11.6. The van der Waals surface area contributed by atoms with E-state index in [1.165, 1.54) is 6.08 Å². The van der Waals surface area contributed by atoms with E-state index in [-0.39, 0.29) is 4.91 Å². The number of pyridine rings is 1. The molecule has 2 aromatic heterocycles. The second kappa shape index (κ2) is 7.29. The number of hydrogen-bond acceptors (Lipinski definition) is 5. The SMILES string of the molecule is O=C(O)/C(=C/c1cccnc1)Sc1n[nH]c(-c2ccc(Cl)cc2)n1. The van der Waals surface area contributed by atoms with Crippen molar-refractivity contribution in [2.45, 2.75) is 5.16 Å². The number of nitrogens with one attached hydrogen (secondary N) is 1. The molecule has 0 amide bonds. The fourth-order valence-corrected chi connectivity index (χ4v) is 2.71. The van der Waals surface area contributed by atoms with E-state index in [0.717, 1.165) is 17.3 Å². The molecule has 0 aliphatic rings. The Bertz CT molecular complexity index is 879. The third-order valence-corrected chi connectivity index (χ3v) is 4.11. The molecule has 3 rings (SSSR count). The van der Waals surface area contributed by atoms with Gasteiger partial charge in [-0.1, -0.05) is 17.7 Å². The minimum atomic E-state index is -1.05. The molecule has 0 radical (unpaired) electrons. The lowest BCUT2D eigenvalue weighted by molar-refractivity contribution is -0.131. The molecule has 0 atom stereocenters. The summed E-state index contributed by atoms with van der Waals surface area (Å²) in [4.78, 5) is 19.8. The van der Waals surface area contributed by atoms with Gasteiger partial charge in [-0.3, -0.25) is 10.1 Å². The Kier molecular flexibility index (Phi) is 4.93. The van der Waals surface area contributed by atoms with Gasteiger partial charge in [-0.15, -0.1) is 5.10 Å². The Balaban J connectivity index is 1.83. The van der Waals surface area contributed by atoms with Crippen LogP contribution in [0.15, 0.2) is 58.9 Å². The van der Waals surface area contributed by atoms with E-state index in [2.05, 4.69) is 20.2 Å². The summed E-state index contributed by atoms with van der Waals surface area (Å²) in [5.41, 5.74) is 1.50. The molecule has 0 saturated heterocycles. The lowest BCUT2D eigenvalue weighted by Gasteiger charge is -1.99. The Hall–Kier alpha value is -2.64. The summed E-state index contributed by atoms with van der Waals surface area (Å²) in [6.07, 6.45) is 4.73. The Morgan fingerprint density at radius 2 is 2.04 bits per heavy atom. The van der Waals surface area contributed by atoms with Gasteiger partial charge in [0.2, 0.25) is 5.16 Å². The number of carboxylic acids is 1. The standard InChI is InChI=1S/C16H11ClN4O2S/c17-12-5-3-11(4-6-12)14-19-16(21-20-14)24-13(15(22)23)8-10-2-1-7-18-9-10/h1-9H,(H,22,23)(H,19,20,21)/b13-8-. The maximum Gasteiger partial charge on any atom is 0.342 e. The van der Waals surface area contributed by atoms with E-state index < -0.39 is 5.97 Å². The summed E-state index contributed by atoms with van der Waals surface area (Å²) in [5.74, 6) is -0.512. The van der Waals surface area contributed by atoms with Crippen molar-refractivity contribution in [1.29, 1.82) is 0 Å². The quantitative estimate of drug-likeness (QED) is 0.533. The van der Waals surface area contributed by atoms with Crippen LogP contribution in [0, 0.1) is 0 Å². The van der Waals surface area contributed by atoms with Crippen LogP contribution in [0.3, 0.4) is 0 Å². The van der Waals surface area contributed by atoms with Crippen LogP contribution in [0.4, 0.5) is 0 Å². The lowest BCUT2D eigenvalue weighted by atomic mass is 10.2. The number of nitrogens with zero attached hydrogens (tertiary/aromatic N) is 3. The molecule has 8 heteroatoms. The van der Waals surface area contributed by atoms with Crippen molar-refractivity contribution in [2.75, 3.05) is 0 Å². The monoisotopic (exact) mass is 358 g/mol. The first kappa shape index (κ1) is 16.2. The van der Waals surface area contributed by atoms with Crippen LogP contribution >= 0.6 is 23.4 Å². The summed E-state index contributed by atoms with van der Waals surface area (Å²) in [6.45, 7) is 0. The molecule has 0 aliphatic heterocycles. The van der Waals surface area contributed by atoms with Crippen molar-refractivity contribution in [3.63, 3.8) is 0 Å². The van der Waals surface area contributed by atoms with Crippen molar-refractivity contribution in [3.05, 3.63) is 64.3 Å². The molecule has 0 spiro atoms. The van der Waals surface area contributed by atoms with Gasteiger partial charge < -0.3 is 5.11 Å². The normalized spacial score (nSPS) is 11.5. The second-order valence-electron chi connectivity index (χ2n) is 4.68. The van der Waals surface area contributed by atoms with Crippen LogP contribution < -0.4 is 0 Å². The molecule has 3 aromatic rings. The zero-order valence-corrected chi connectivity index (χ0v) is 13.8. The maximum atomic E-state index is 11.4. The Morgan fingerprint density at radius 3 is 2.71 bits per heavy atom. The number of thioether (sulfide) groups is 1. The van der Waals surface area contributed by atoms with Gasteiger partial charge in [0.25, 0.3) is 0 Å². The molecule has 24 heavy (non-hydrogen) atoms. The predicted molar refractivity (Wildman–Crippen MR) is 92.5 cm³/mol. The Labute approximate surface area is 146 Å². The number of halogens is 1. The summed E-state index contributed by atoms with van der Waals surface area (Å²) in [7, 11) is 0. The number of benzene rings is 1. The van der Waals surface area contributed by atoms with Gasteiger partial charge in [0.1, 0.15) is 4.91 Å². The van der Waals surface area contributed by atoms with Crippen molar-refractivity contribution in [2.24, 2.45) is 0 Å². The average molecular weight is 359 g/mol. The molecule has 0 aliphatic carbocycles. The summed E-state index contributed by atoms with van der Waals surface area (Å²) < 4.78 is 0. The topological polar surface area (TPSA) is 91.8 Å². The molecule has 0 saturated carbocycles. The van der Waals surface area contributed by atoms with Crippen LogP contribution in [0.5, 0.6) is 0 Å². The number of carboxylic acid groups (broad SMARTS) is 1. The lowest BCUT2D eigenvalue weighted by Crippen LogP contribution is -1.97. The maximum absolute atomic E-state index is 11.4. The molecule has 2 N–H and O–H groups in total. The van der Waals surface area contributed by atoms with Crippen molar-refractivity contribution in [3.8, 4) is 11.4 Å². The van der Waals surface area contributed by atoms with E-state index in [0.29, 0.717) is 21.6 Å². The second-order valence-corrected chi connectivity index (χ2v) is 6.12. The zero-order chi connectivity index (χ0) is 16.9. The van der Waals surface area contributed by atoms with Gasteiger partial charge in [-0.25, -0.2) is 9.78 Å². The molecule has 0 fully saturated rings. The van der Waals surface area contributed by atoms with Crippen LogP contribution in [0.25, 0.3) is 17.5 Å². The summed E-state index contributed by atoms with van der Waals surface area (Å²) >= 11 is 6.82. The van der Waals surface area contributed by atoms with Crippen molar-refractivity contribution < 1.29 is 9.90 Å². The highest BCUT2D eigenvalue weighted by Gasteiger charge is 2.14. The first-order valence-corrected chi connectivity index (χ1v) is 8.02. The number of aromatic nitrogens is 4. The number of hydrogen-bond donors (Lipinski definition) is 2. The van der Waals surface area contributed by atoms with Crippen molar-refractivity contribution >= 4 is 35.4 Å². The summed E-state index contributed by atoms with van der Waals surface area (Å²) in [6, 6.07) is 10.6. The predicted octanol–water partition coefficient (Wildman–Crippen LogP) is 3.74. The minimum Gasteiger partial charge on any atom is -0.477 e. The molecule has 6 nitrogen and oxygen atoms in total. The number of H-pyrrole nitrogens is 1. The third kappa shape index (κ3) is 4.01. The molecule has 1 aromatic carbocycles. The largest absolute Gasteiger partial charge is 0.477 e. The number of rotatable bonds is 5. The fraction of sp³-hybridized carbons (Fsp3) is 0. The van der Waals surface area contributed by atoms with E-state index in [1.807, 2.05) is 0 Å². The highest BCUT2D eigenvalue weighted by Crippen LogP contribution is 2.27. The first-order valence-electron chi connectivity index (χ1n) is 6.83. The number of carbonyl (C=O) groups is 1. The van der Waals surface area contributed by atoms with Gasteiger partial charge in [-0.2, -0.15) is 0 Å². The van der Waals surface area contributed by atoms with E-state index in [9.17, 15) is 9.90 Å². The van der Waals surface area contributed by atoms with E-state index >= 15 is 0 Å². The molecular weight excluding hydrogens is 348 g/mol. The smallest absolute Gasteiger partial charge is 0.342 e. The van der Waals surface area contributed by atoms with Gasteiger partial charge in [0.15, 0.2) is 5.82 Å². The molecular formula is C16H11ClN4O2S. The third-order valence-electron chi connectivity index (χ3n) is 2.98. The van der Waals surface area contributed by atoms with Gasteiger partial charge in [0.05, 0.1) is 0 Å². The van der Waals surface area contributed by atoms with Crippen LogP contribution in [0.1, 0.15) is 5.56 Å². The summed E-state index contributed by atoms with van der Waals surface area (Å²) in [5, 5.41) is 17.1. The van der Waals surface area contributed by atoms with E-state index in [4.69, 9.17) is 11.6 Å². The zero-order valence-electron chi connectivity index (χ0n) is 12.2. The fourth-order valence-electron chi connectivity index (χ4n) is 1.87. The molecule has 0 bridgehead atoms. The number of aromatic amines is 1. The molecule has 0 unspecified atom stereocenters. The average Bonchev–Trinajstić information content (AvgIpc) is 3.04. The van der Waals surface area contributed by atoms with Crippen LogP contribution in [-0.2, 0) is 4.79 Å². The molecule has 120 valence electrons. The molecule has 2 heterocycles. The van der Waals surface area contributed by atoms with E-state index in [1.54, 1.807) is 48.8 Å². The van der Waals surface area contributed by atoms with Crippen LogP contribution in [0.2, 0.25) is 5.02 Å². The highest BCUT2D eigenvalue weighted by molar-refractivity contribution is 8.04. The van der Waals surface area contributed by atoms with Gasteiger partial charge in [0, 0.05) is 23.0 Å². The van der Waals surface area contributed by atoms with Crippen LogP contribution in [-0.4, -0.2) is 31.2 Å².